The van der Waals surface area contributed by atoms with Crippen LogP contribution in [0.3, 0.4) is 0 Å². The van der Waals surface area contributed by atoms with E-state index in [2.05, 4.69) is 0 Å². The number of hydrogen-bond acceptors (Lipinski definition) is 5. The van der Waals surface area contributed by atoms with E-state index in [0.29, 0.717) is 0 Å². The van der Waals surface area contributed by atoms with Crippen molar-refractivity contribution in [2.24, 2.45) is 5.73 Å². The molecule has 3 N–H and O–H groups in total. The van der Waals surface area contributed by atoms with Gasteiger partial charge in [-0.3, -0.25) is 13.8 Å². The number of amides is 2. The van der Waals surface area contributed by atoms with E-state index in [-0.39, 0.29) is 41.7 Å². The van der Waals surface area contributed by atoms with Gasteiger partial charge in [-0.1, -0.05) is 0 Å². The van der Waals surface area contributed by atoms with Crippen LogP contribution in [0, 0.1) is 0 Å². The Morgan fingerprint density at radius 3 is 2.53 bits per heavy atom. The van der Waals surface area contributed by atoms with Crippen molar-refractivity contribution in [3.8, 4) is 0 Å². The van der Waals surface area contributed by atoms with Crippen LogP contribution in [0.5, 0.6) is 0 Å². The molecule has 2 amide bonds. The Kier molecular flexibility index (Phi) is 7.32. The van der Waals surface area contributed by atoms with E-state index >= 15 is 0 Å². The Balaban J connectivity index is 0. The molecule has 92 valence electrons. The van der Waals surface area contributed by atoms with E-state index in [9.17, 15) is 23.7 Å². The van der Waals surface area contributed by atoms with Gasteiger partial charge in [0.25, 0.3) is 0 Å². The van der Waals surface area contributed by atoms with Crippen molar-refractivity contribution >= 4 is 28.6 Å². The predicted octanol–water partition coefficient (Wildman–Crippen LogP) is -6.13. The largest absolute Gasteiger partial charge is 1.00 e. The van der Waals surface area contributed by atoms with Gasteiger partial charge in [0.2, 0.25) is 11.8 Å². The fraction of sp³-hybridized carbons (Fsp3) is 0.625. The number of carbonyl (C=O) groups excluding carboxylic acids is 3. The summed E-state index contributed by atoms with van der Waals surface area (Å²) in [6.07, 6.45) is -0.209. The molecular weight excluding hydrogens is 259 g/mol. The molecule has 9 heteroatoms. The van der Waals surface area contributed by atoms with Gasteiger partial charge >= 0.3 is 29.6 Å². The number of hydrogen-bond donors (Lipinski definition) is 2. The number of aliphatic carboxylic acids is 1. The first-order chi connectivity index (χ1) is 8.54. The quantitative estimate of drug-likeness (QED) is 0.447. The number of nitrogens with one attached hydrogen (secondary N) is 1. The molecule has 0 aliphatic carbocycles. The van der Waals surface area contributed by atoms with E-state index in [4.69, 9.17) is 9.85 Å². The zero-order chi connectivity index (χ0) is 15.2. The summed E-state index contributed by atoms with van der Waals surface area (Å²) >= 11 is 0. The fourth-order valence-corrected chi connectivity index (χ4v) is 2.00. The number of carboxylic acid groups (broad SMARTS) is 1. The van der Waals surface area contributed by atoms with Gasteiger partial charge in [-0.25, -0.2) is 0 Å². The summed E-state index contributed by atoms with van der Waals surface area (Å²) < 4.78 is 31.7. The second-order valence-corrected chi connectivity index (χ2v) is 4.49. The van der Waals surface area contributed by atoms with Crippen molar-refractivity contribution in [1.82, 2.24) is 5.32 Å². The van der Waals surface area contributed by atoms with Crippen LogP contribution < -0.4 is 45.7 Å². The molecule has 0 aromatic rings. The van der Waals surface area contributed by atoms with Crippen LogP contribution in [-0.4, -0.2) is 39.5 Å². The average molecular weight is 275 g/mol. The van der Waals surface area contributed by atoms with Crippen LogP contribution >= 0.6 is 0 Å². The molecule has 0 aromatic heterocycles. The molecule has 0 saturated carbocycles. The molecule has 17 heavy (non-hydrogen) atoms. The van der Waals surface area contributed by atoms with Crippen molar-refractivity contribution in [2.45, 2.75) is 19.3 Å². The SMILES string of the molecule is [2H]C([2H])([2H])C(=O)N[C@@H](CS(=O)CCC(N)=O)C(=O)[O-].[Na+]. The maximum atomic E-state index is 11.4. The van der Waals surface area contributed by atoms with E-state index in [1.165, 1.54) is 0 Å². The molecule has 2 atom stereocenters. The Morgan fingerprint density at radius 1 is 1.53 bits per heavy atom. The van der Waals surface area contributed by atoms with Crippen molar-refractivity contribution in [2.75, 3.05) is 11.5 Å². The molecule has 0 aliphatic rings. The first-order valence-electron chi connectivity index (χ1n) is 5.69. The first kappa shape index (κ1) is 13.0. The van der Waals surface area contributed by atoms with Crippen LogP contribution in [-0.2, 0) is 25.2 Å². The van der Waals surface area contributed by atoms with Crippen molar-refractivity contribution in [3.05, 3.63) is 0 Å². The third kappa shape index (κ3) is 10.4. The zero-order valence-electron chi connectivity index (χ0n) is 12.2. The van der Waals surface area contributed by atoms with Crippen molar-refractivity contribution in [1.29, 1.82) is 0 Å². The monoisotopic (exact) mass is 275 g/mol. The minimum atomic E-state index is -3.01. The van der Waals surface area contributed by atoms with Crippen LogP contribution in [0.1, 0.15) is 17.4 Å². The normalized spacial score (nSPS) is 16.4. The van der Waals surface area contributed by atoms with Gasteiger partial charge in [-0.15, -0.1) is 0 Å². The third-order valence-corrected chi connectivity index (χ3v) is 2.88. The molecule has 0 spiro atoms. The van der Waals surface area contributed by atoms with Crippen molar-refractivity contribution < 1.29 is 57.4 Å². The first-order valence-corrected chi connectivity index (χ1v) is 5.68. The van der Waals surface area contributed by atoms with Crippen LogP contribution in [0.2, 0.25) is 0 Å². The van der Waals surface area contributed by atoms with Crippen LogP contribution in [0.4, 0.5) is 0 Å². The Labute approximate surface area is 127 Å². The van der Waals surface area contributed by atoms with E-state index in [1.54, 1.807) is 5.32 Å². The van der Waals surface area contributed by atoms with E-state index in [1.807, 2.05) is 0 Å². The maximum Gasteiger partial charge on any atom is 1.00 e. The van der Waals surface area contributed by atoms with Gasteiger partial charge in [-0.05, 0) is 0 Å². The van der Waals surface area contributed by atoms with Gasteiger partial charge in [0.1, 0.15) is 0 Å². The summed E-state index contributed by atoms with van der Waals surface area (Å²) in [4.78, 5) is 32.2. The predicted molar refractivity (Wildman–Crippen MR) is 54.3 cm³/mol. The summed E-state index contributed by atoms with van der Waals surface area (Å²) in [5.41, 5.74) is 4.82. The zero-order valence-corrected chi connectivity index (χ0v) is 12.0. The van der Waals surface area contributed by atoms with Crippen molar-refractivity contribution in [3.63, 3.8) is 0 Å². The van der Waals surface area contributed by atoms with E-state index in [0.717, 1.165) is 0 Å². The molecule has 0 heterocycles. The third-order valence-electron chi connectivity index (χ3n) is 1.52. The van der Waals surface area contributed by atoms with Gasteiger partial charge in [0, 0.05) is 39.7 Å². The summed E-state index contributed by atoms with van der Waals surface area (Å²) in [6.45, 7) is -3.01. The number of primary amides is 1. The Hall–Kier alpha value is -0.440. The topological polar surface area (TPSA) is 129 Å². The van der Waals surface area contributed by atoms with Crippen LogP contribution in [0.15, 0.2) is 0 Å². The smallest absolute Gasteiger partial charge is 0.548 e. The maximum absolute atomic E-state index is 11.4. The summed E-state index contributed by atoms with van der Waals surface area (Å²) in [6, 6.07) is -1.71. The Morgan fingerprint density at radius 2 is 2.12 bits per heavy atom. The molecule has 0 saturated heterocycles. The Bertz CT molecular complexity index is 404. The molecule has 0 fully saturated rings. The summed E-state index contributed by atoms with van der Waals surface area (Å²) in [5.74, 6) is -4.68. The van der Waals surface area contributed by atoms with Gasteiger partial charge in [-0.2, -0.15) is 0 Å². The second kappa shape index (κ2) is 9.58. The standard InChI is InChI=1S/C8H14N2O5S.Na/c1-5(11)10-6(8(13)14)4-16(15)3-2-7(9)12;/h6H,2-4H2,1H3,(H2,9,12)(H,10,11)(H,13,14);/q;+1/p-1/t6-,16?;/m0./s1/i1D3;. The molecule has 0 aliphatic heterocycles. The van der Waals surface area contributed by atoms with Gasteiger partial charge in [0.05, 0.1) is 12.0 Å². The summed E-state index contributed by atoms with van der Waals surface area (Å²) in [5, 5.41) is 12.4. The number of carboxylic acids is 1. The number of rotatable bonds is 7. The van der Waals surface area contributed by atoms with Gasteiger partial charge < -0.3 is 21.0 Å². The molecule has 0 radical (unpaired) electrons. The minimum Gasteiger partial charge on any atom is -0.548 e. The fourth-order valence-electron chi connectivity index (χ4n) is 0.811. The molecule has 0 rings (SSSR count). The minimum absolute atomic E-state index is 0. The molecule has 7 nitrogen and oxygen atoms in total. The van der Waals surface area contributed by atoms with Crippen LogP contribution in [0.25, 0.3) is 0 Å². The number of nitrogens with two attached hydrogens (primary N) is 1. The molecule has 0 bridgehead atoms. The molecule has 0 aromatic carbocycles. The second-order valence-electron chi connectivity index (χ2n) is 2.87. The summed E-state index contributed by atoms with van der Waals surface area (Å²) in [7, 11) is -1.75. The molecular formula is C8H13N2NaO5S. The molecule has 1 unspecified atom stereocenters. The average Bonchev–Trinajstić information content (AvgIpc) is 2.23. The number of carbonyl (C=O) groups is 3. The van der Waals surface area contributed by atoms with Gasteiger partial charge in [0.15, 0.2) is 0 Å². The van der Waals surface area contributed by atoms with E-state index < -0.39 is 47.2 Å².